The molecule has 0 amide bonds. The van der Waals surface area contributed by atoms with Crippen LogP contribution in [0.3, 0.4) is 0 Å². The maximum absolute atomic E-state index is 14.4. The second kappa shape index (κ2) is 13.1. The lowest BCUT2D eigenvalue weighted by Crippen LogP contribution is -2.24. The van der Waals surface area contributed by atoms with Crippen molar-refractivity contribution in [2.24, 2.45) is 17.8 Å². The van der Waals surface area contributed by atoms with Gasteiger partial charge in [-0.1, -0.05) is 26.0 Å². The molecule has 1 rings (SSSR count). The van der Waals surface area contributed by atoms with Crippen LogP contribution >= 0.6 is 0 Å². The molecule has 2 atom stereocenters. The SMILES string of the molecule is C/C=C/C1CCC(COC(C)OCC(C)/C(CC)=C(F)/C(F)=C(\C)OC)CC1. The van der Waals surface area contributed by atoms with Gasteiger partial charge in [-0.15, -0.1) is 0 Å². The zero-order valence-corrected chi connectivity index (χ0v) is 18.4. The van der Waals surface area contributed by atoms with Gasteiger partial charge in [0, 0.05) is 5.92 Å². The number of methoxy groups -OCH3 is 1. The second-order valence-electron chi connectivity index (χ2n) is 7.71. The van der Waals surface area contributed by atoms with Crippen molar-refractivity contribution in [1.82, 2.24) is 0 Å². The first-order valence-corrected chi connectivity index (χ1v) is 10.5. The molecule has 0 radical (unpaired) electrons. The maximum atomic E-state index is 14.4. The summed E-state index contributed by atoms with van der Waals surface area (Å²) in [7, 11) is 1.33. The minimum atomic E-state index is -0.941. The molecule has 0 spiro atoms. The van der Waals surface area contributed by atoms with Gasteiger partial charge < -0.3 is 14.2 Å². The van der Waals surface area contributed by atoms with E-state index in [9.17, 15) is 8.78 Å². The number of halogens is 2. The highest BCUT2D eigenvalue weighted by molar-refractivity contribution is 5.28. The molecule has 1 aliphatic carbocycles. The molecular weight excluding hydrogens is 362 g/mol. The lowest BCUT2D eigenvalue weighted by Gasteiger charge is -2.28. The molecule has 1 aliphatic rings. The van der Waals surface area contributed by atoms with Crippen molar-refractivity contribution in [3.63, 3.8) is 0 Å². The Balaban J connectivity index is 2.45. The van der Waals surface area contributed by atoms with Crippen LogP contribution in [-0.2, 0) is 14.2 Å². The molecular formula is C23H38F2O3. The molecule has 0 bridgehead atoms. The van der Waals surface area contributed by atoms with E-state index in [2.05, 4.69) is 19.1 Å². The van der Waals surface area contributed by atoms with E-state index >= 15 is 0 Å². The van der Waals surface area contributed by atoms with E-state index in [1.165, 1.54) is 39.7 Å². The normalized spacial score (nSPS) is 24.6. The largest absolute Gasteiger partial charge is 0.498 e. The Bertz CT molecular complexity index is 546. The molecule has 28 heavy (non-hydrogen) atoms. The third kappa shape index (κ3) is 8.04. The zero-order valence-electron chi connectivity index (χ0n) is 18.4. The molecule has 1 saturated carbocycles. The predicted molar refractivity (Wildman–Crippen MR) is 110 cm³/mol. The van der Waals surface area contributed by atoms with Gasteiger partial charge in [0.1, 0.15) is 5.76 Å². The average molecular weight is 401 g/mol. The van der Waals surface area contributed by atoms with Crippen LogP contribution in [0.25, 0.3) is 0 Å². The van der Waals surface area contributed by atoms with Gasteiger partial charge in [-0.05, 0) is 70.3 Å². The lowest BCUT2D eigenvalue weighted by molar-refractivity contribution is -0.145. The summed E-state index contributed by atoms with van der Waals surface area (Å²) in [6.07, 6.45) is 9.27. The van der Waals surface area contributed by atoms with Gasteiger partial charge in [0.25, 0.3) is 0 Å². The van der Waals surface area contributed by atoms with Crippen LogP contribution in [0.1, 0.15) is 66.7 Å². The number of allylic oxidation sites excluding steroid dienone is 5. The Hall–Kier alpha value is -1.20. The van der Waals surface area contributed by atoms with Gasteiger partial charge in [-0.25, -0.2) is 8.78 Å². The van der Waals surface area contributed by atoms with E-state index in [-0.39, 0.29) is 24.6 Å². The zero-order chi connectivity index (χ0) is 21.1. The number of rotatable bonds is 11. The first-order valence-electron chi connectivity index (χ1n) is 10.5. The van der Waals surface area contributed by atoms with Gasteiger partial charge in [0.05, 0.1) is 20.3 Å². The molecule has 0 aliphatic heterocycles. The fraction of sp³-hybridized carbons (Fsp3) is 0.739. The maximum Gasteiger partial charge on any atom is 0.195 e. The third-order valence-corrected chi connectivity index (χ3v) is 5.57. The van der Waals surface area contributed by atoms with Crippen molar-refractivity contribution in [2.75, 3.05) is 20.3 Å². The minimum absolute atomic E-state index is 0.0579. The summed E-state index contributed by atoms with van der Waals surface area (Å²) in [5.41, 5.74) is 0.392. The smallest absolute Gasteiger partial charge is 0.195 e. The third-order valence-electron chi connectivity index (χ3n) is 5.57. The van der Waals surface area contributed by atoms with E-state index in [0.29, 0.717) is 30.4 Å². The minimum Gasteiger partial charge on any atom is -0.498 e. The highest BCUT2D eigenvalue weighted by Gasteiger charge is 2.22. The summed E-state index contributed by atoms with van der Waals surface area (Å²) < 4.78 is 44.9. The van der Waals surface area contributed by atoms with Crippen LogP contribution in [0.15, 0.2) is 35.1 Å². The van der Waals surface area contributed by atoms with Crippen molar-refractivity contribution in [1.29, 1.82) is 0 Å². The van der Waals surface area contributed by atoms with Gasteiger partial charge in [-0.2, -0.15) is 0 Å². The highest BCUT2D eigenvalue weighted by atomic mass is 19.2. The van der Waals surface area contributed by atoms with Crippen LogP contribution in [0.4, 0.5) is 8.78 Å². The second-order valence-corrected chi connectivity index (χ2v) is 7.71. The van der Waals surface area contributed by atoms with E-state index < -0.39 is 11.7 Å². The molecule has 0 aromatic carbocycles. The molecule has 0 N–H and O–H groups in total. The predicted octanol–water partition coefficient (Wildman–Crippen LogP) is 6.87. The topological polar surface area (TPSA) is 27.7 Å². The molecule has 0 heterocycles. The van der Waals surface area contributed by atoms with Crippen molar-refractivity contribution in [3.05, 3.63) is 35.1 Å². The molecule has 0 saturated heterocycles. The van der Waals surface area contributed by atoms with Gasteiger partial charge in [0.2, 0.25) is 0 Å². The Labute approximate surface area is 169 Å². The van der Waals surface area contributed by atoms with E-state index in [1.807, 2.05) is 20.8 Å². The summed E-state index contributed by atoms with van der Waals surface area (Å²) in [6.45, 7) is 9.96. The highest BCUT2D eigenvalue weighted by Crippen LogP contribution is 2.31. The van der Waals surface area contributed by atoms with Crippen LogP contribution in [0.2, 0.25) is 0 Å². The van der Waals surface area contributed by atoms with E-state index in [0.717, 1.165) is 0 Å². The number of hydrogen-bond donors (Lipinski definition) is 0. The Morgan fingerprint density at radius 3 is 2.25 bits per heavy atom. The molecule has 1 fully saturated rings. The molecule has 0 aromatic heterocycles. The molecule has 5 heteroatoms. The molecule has 0 aromatic rings. The van der Waals surface area contributed by atoms with E-state index in [4.69, 9.17) is 14.2 Å². The number of hydrogen-bond acceptors (Lipinski definition) is 3. The van der Waals surface area contributed by atoms with Crippen LogP contribution in [-0.4, -0.2) is 26.6 Å². The Morgan fingerprint density at radius 2 is 1.71 bits per heavy atom. The summed E-state index contributed by atoms with van der Waals surface area (Å²) in [6, 6.07) is 0. The van der Waals surface area contributed by atoms with Crippen molar-refractivity contribution in [3.8, 4) is 0 Å². The standard InChI is InChI=1S/C23H38F2O3/c1-7-9-19-10-12-20(13-11-19)15-28-18(5)27-14-16(3)21(8-2)23(25)22(24)17(4)26-6/h7,9,16,18-20H,8,10-15H2,1-6H3/b9-7+,22-17-,23-21-. The average Bonchev–Trinajstić information content (AvgIpc) is 2.71. The van der Waals surface area contributed by atoms with Crippen LogP contribution in [0.5, 0.6) is 0 Å². The van der Waals surface area contributed by atoms with Crippen LogP contribution in [0, 0.1) is 17.8 Å². The Kier molecular flexibility index (Phi) is 11.6. The van der Waals surface area contributed by atoms with Crippen LogP contribution < -0.4 is 0 Å². The van der Waals surface area contributed by atoms with Gasteiger partial charge in [-0.3, -0.25) is 0 Å². The quantitative estimate of drug-likeness (QED) is 0.164. The summed E-state index contributed by atoms with van der Waals surface area (Å²) >= 11 is 0. The van der Waals surface area contributed by atoms with Gasteiger partial charge in [0.15, 0.2) is 17.9 Å². The summed E-state index contributed by atoms with van der Waals surface area (Å²) in [4.78, 5) is 0. The van der Waals surface area contributed by atoms with Crippen molar-refractivity contribution >= 4 is 0 Å². The first kappa shape index (κ1) is 24.8. The monoisotopic (exact) mass is 400 g/mol. The van der Waals surface area contributed by atoms with E-state index in [1.54, 1.807) is 0 Å². The molecule has 162 valence electrons. The fourth-order valence-electron chi connectivity index (χ4n) is 3.62. The fourth-order valence-corrected chi connectivity index (χ4v) is 3.62. The molecule has 2 unspecified atom stereocenters. The summed E-state index contributed by atoms with van der Waals surface area (Å²) in [5, 5.41) is 0. The number of ether oxygens (including phenoxy) is 3. The summed E-state index contributed by atoms with van der Waals surface area (Å²) in [5.74, 6) is -0.806. The first-order chi connectivity index (χ1) is 13.3. The van der Waals surface area contributed by atoms with Crippen molar-refractivity contribution in [2.45, 2.75) is 73.0 Å². The molecule has 3 nitrogen and oxygen atoms in total. The van der Waals surface area contributed by atoms with Gasteiger partial charge >= 0.3 is 0 Å². The lowest BCUT2D eigenvalue weighted by atomic mass is 9.82. The van der Waals surface area contributed by atoms with Crippen molar-refractivity contribution < 1.29 is 23.0 Å². The Morgan fingerprint density at radius 1 is 1.07 bits per heavy atom.